The van der Waals surface area contributed by atoms with Crippen LogP contribution < -0.4 is 5.32 Å². The molecule has 9 heteroatoms. The Balaban J connectivity index is 1.86. The number of nitro benzene ring substituents is 1. The average molecular weight is 346 g/mol. The highest BCUT2D eigenvalue weighted by Gasteiger charge is 2.22. The molecule has 2 heterocycles. The van der Waals surface area contributed by atoms with Gasteiger partial charge in [0.1, 0.15) is 11.4 Å². The van der Waals surface area contributed by atoms with E-state index in [0.717, 1.165) is 23.9 Å². The van der Waals surface area contributed by atoms with Gasteiger partial charge in [-0.1, -0.05) is 0 Å². The number of aryl methyl sites for hydroxylation is 1. The minimum atomic E-state index is -0.783. The average Bonchev–Trinajstić information content (AvgIpc) is 3.15. The number of hydrogen-bond donors (Lipinski definition) is 1. The van der Waals surface area contributed by atoms with Crippen molar-refractivity contribution >= 4 is 28.1 Å². The Bertz CT molecular complexity index is 934. The van der Waals surface area contributed by atoms with Gasteiger partial charge in [0.15, 0.2) is 5.13 Å². The third kappa shape index (κ3) is 3.01. The molecular weight excluding hydrogens is 335 g/mol. The molecule has 0 aliphatic rings. The molecule has 0 aliphatic heterocycles. The van der Waals surface area contributed by atoms with Crippen molar-refractivity contribution < 1.29 is 14.1 Å². The molecule has 0 unspecified atom stereocenters. The summed E-state index contributed by atoms with van der Waals surface area (Å²) in [6.07, 6.45) is 1.86. The van der Waals surface area contributed by atoms with Crippen molar-refractivity contribution in [2.45, 2.75) is 0 Å². The molecule has 1 amide bonds. The van der Waals surface area contributed by atoms with Crippen LogP contribution in [0.15, 0.2) is 41.9 Å². The Hall–Kier alpha value is -3.07. The standard InChI is InChI=1S/C15H11FN4O3S/c1-19-6-2-3-13(19)11-8-24-15(17-11)18-14(21)10-7-9(16)4-5-12(10)20(22)23/h2-8H,1H3,(H,17,18,21). The Morgan fingerprint density at radius 1 is 1.42 bits per heavy atom. The maximum atomic E-state index is 13.3. The summed E-state index contributed by atoms with van der Waals surface area (Å²) in [7, 11) is 1.86. The number of benzene rings is 1. The molecule has 122 valence electrons. The largest absolute Gasteiger partial charge is 0.349 e. The van der Waals surface area contributed by atoms with Gasteiger partial charge in [0.25, 0.3) is 11.6 Å². The van der Waals surface area contributed by atoms with Gasteiger partial charge in [-0.2, -0.15) is 0 Å². The van der Waals surface area contributed by atoms with Crippen LogP contribution in [0.5, 0.6) is 0 Å². The molecule has 0 atom stereocenters. The van der Waals surface area contributed by atoms with Gasteiger partial charge >= 0.3 is 0 Å². The molecule has 3 aromatic rings. The van der Waals surface area contributed by atoms with Crippen LogP contribution >= 0.6 is 11.3 Å². The molecule has 0 spiro atoms. The summed E-state index contributed by atoms with van der Waals surface area (Å²) in [5.74, 6) is -1.51. The van der Waals surface area contributed by atoms with Crippen molar-refractivity contribution in [2.24, 2.45) is 7.05 Å². The van der Waals surface area contributed by atoms with Crippen LogP contribution in [0.1, 0.15) is 10.4 Å². The Morgan fingerprint density at radius 2 is 2.21 bits per heavy atom. The maximum absolute atomic E-state index is 13.3. The molecule has 1 N–H and O–H groups in total. The first kappa shape index (κ1) is 15.8. The van der Waals surface area contributed by atoms with Gasteiger partial charge in [-0.15, -0.1) is 11.3 Å². The van der Waals surface area contributed by atoms with E-state index in [9.17, 15) is 19.3 Å². The zero-order valence-electron chi connectivity index (χ0n) is 12.4. The summed E-state index contributed by atoms with van der Waals surface area (Å²) in [5.41, 5.74) is 0.712. The van der Waals surface area contributed by atoms with Crippen LogP contribution in [-0.2, 0) is 7.05 Å². The second-order valence-corrected chi connectivity index (χ2v) is 5.77. The Morgan fingerprint density at radius 3 is 2.88 bits per heavy atom. The molecular formula is C15H11FN4O3S. The molecule has 3 rings (SSSR count). The van der Waals surface area contributed by atoms with Gasteiger partial charge in [0.2, 0.25) is 0 Å². The summed E-state index contributed by atoms with van der Waals surface area (Å²) in [4.78, 5) is 26.8. The molecule has 7 nitrogen and oxygen atoms in total. The molecule has 2 aromatic heterocycles. The third-order valence-corrected chi connectivity index (χ3v) is 4.09. The molecule has 0 aliphatic carbocycles. The molecule has 0 saturated carbocycles. The minimum absolute atomic E-state index is 0.273. The van der Waals surface area contributed by atoms with E-state index >= 15 is 0 Å². The number of nitrogens with one attached hydrogen (secondary N) is 1. The van der Waals surface area contributed by atoms with Gasteiger partial charge < -0.3 is 4.57 Å². The van der Waals surface area contributed by atoms with Crippen molar-refractivity contribution in [1.29, 1.82) is 0 Å². The van der Waals surface area contributed by atoms with E-state index in [2.05, 4.69) is 10.3 Å². The molecule has 1 aromatic carbocycles. The topological polar surface area (TPSA) is 90.1 Å². The van der Waals surface area contributed by atoms with E-state index in [1.54, 1.807) is 5.38 Å². The predicted molar refractivity (Wildman–Crippen MR) is 87.5 cm³/mol. The van der Waals surface area contributed by atoms with Gasteiger partial charge in [0, 0.05) is 24.7 Å². The van der Waals surface area contributed by atoms with Gasteiger partial charge in [-0.25, -0.2) is 9.37 Å². The summed E-state index contributed by atoms with van der Waals surface area (Å²) >= 11 is 1.18. The van der Waals surface area contributed by atoms with Crippen molar-refractivity contribution in [2.75, 3.05) is 5.32 Å². The Labute approximate surface area is 139 Å². The Kier molecular flexibility index (Phi) is 4.09. The fourth-order valence-corrected chi connectivity index (χ4v) is 2.89. The number of carbonyl (C=O) groups is 1. The van der Waals surface area contributed by atoms with E-state index < -0.39 is 22.3 Å². The fourth-order valence-electron chi connectivity index (χ4n) is 2.19. The van der Waals surface area contributed by atoms with Crippen molar-refractivity contribution in [3.05, 3.63) is 63.4 Å². The van der Waals surface area contributed by atoms with E-state index in [1.165, 1.54) is 11.3 Å². The molecule has 0 bridgehead atoms. The number of rotatable bonds is 4. The number of nitro groups is 1. The second kappa shape index (κ2) is 6.20. The lowest BCUT2D eigenvalue weighted by Crippen LogP contribution is -2.14. The lowest BCUT2D eigenvalue weighted by Gasteiger charge is -2.03. The molecule has 0 fully saturated rings. The van der Waals surface area contributed by atoms with Crippen LogP contribution in [0.3, 0.4) is 0 Å². The van der Waals surface area contributed by atoms with E-state index in [4.69, 9.17) is 0 Å². The van der Waals surface area contributed by atoms with Crippen molar-refractivity contribution in [3.8, 4) is 11.4 Å². The SMILES string of the molecule is Cn1cccc1-c1csc(NC(=O)c2cc(F)ccc2[N+](=O)[O-])n1. The number of carbonyl (C=O) groups excluding carboxylic acids is 1. The summed E-state index contributed by atoms with van der Waals surface area (Å²) in [6, 6.07) is 6.47. The number of aromatic nitrogens is 2. The lowest BCUT2D eigenvalue weighted by atomic mass is 10.1. The number of amides is 1. The third-order valence-electron chi connectivity index (χ3n) is 3.33. The number of nitrogens with zero attached hydrogens (tertiary/aromatic N) is 3. The maximum Gasteiger partial charge on any atom is 0.282 e. The van der Waals surface area contributed by atoms with E-state index in [1.807, 2.05) is 29.9 Å². The molecule has 0 saturated heterocycles. The first-order valence-corrected chi connectivity index (χ1v) is 7.66. The van der Waals surface area contributed by atoms with Crippen LogP contribution in [0.4, 0.5) is 15.2 Å². The second-order valence-electron chi connectivity index (χ2n) is 4.91. The lowest BCUT2D eigenvalue weighted by molar-refractivity contribution is -0.385. The number of halogens is 1. The highest BCUT2D eigenvalue weighted by molar-refractivity contribution is 7.14. The van der Waals surface area contributed by atoms with Gasteiger partial charge in [0.05, 0.1) is 16.3 Å². The fraction of sp³-hybridized carbons (Fsp3) is 0.0667. The van der Waals surface area contributed by atoms with E-state index in [-0.39, 0.29) is 10.7 Å². The van der Waals surface area contributed by atoms with Crippen LogP contribution in [0, 0.1) is 15.9 Å². The van der Waals surface area contributed by atoms with Crippen LogP contribution in [0.25, 0.3) is 11.4 Å². The zero-order valence-corrected chi connectivity index (χ0v) is 13.2. The number of hydrogen-bond acceptors (Lipinski definition) is 5. The monoisotopic (exact) mass is 346 g/mol. The minimum Gasteiger partial charge on any atom is -0.349 e. The van der Waals surface area contributed by atoms with Crippen LogP contribution in [-0.4, -0.2) is 20.4 Å². The normalized spacial score (nSPS) is 10.6. The first-order valence-electron chi connectivity index (χ1n) is 6.78. The highest BCUT2D eigenvalue weighted by atomic mass is 32.1. The molecule has 24 heavy (non-hydrogen) atoms. The summed E-state index contributed by atoms with van der Waals surface area (Å²) in [6.45, 7) is 0. The summed E-state index contributed by atoms with van der Waals surface area (Å²) < 4.78 is 15.2. The zero-order chi connectivity index (χ0) is 17.3. The summed E-state index contributed by atoms with van der Waals surface area (Å²) in [5, 5.41) is 15.5. The smallest absolute Gasteiger partial charge is 0.282 e. The van der Waals surface area contributed by atoms with Crippen molar-refractivity contribution in [1.82, 2.24) is 9.55 Å². The van der Waals surface area contributed by atoms with Crippen molar-refractivity contribution in [3.63, 3.8) is 0 Å². The van der Waals surface area contributed by atoms with Gasteiger partial charge in [-0.05, 0) is 24.3 Å². The first-order chi connectivity index (χ1) is 11.5. The number of thiazole rings is 1. The van der Waals surface area contributed by atoms with Gasteiger partial charge in [-0.3, -0.25) is 20.2 Å². The molecule has 0 radical (unpaired) electrons. The quantitative estimate of drug-likeness (QED) is 0.579. The van der Waals surface area contributed by atoms with E-state index in [0.29, 0.717) is 5.69 Å². The highest BCUT2D eigenvalue weighted by Crippen LogP contribution is 2.26. The van der Waals surface area contributed by atoms with Crippen LogP contribution in [0.2, 0.25) is 0 Å². The number of anilines is 1. The predicted octanol–water partition coefficient (Wildman–Crippen LogP) is 3.45.